The van der Waals surface area contributed by atoms with Gasteiger partial charge in [0.1, 0.15) is 18.1 Å². The highest BCUT2D eigenvalue weighted by atomic mass is 35.5. The number of nitrogens with zero attached hydrogens (tertiary/aromatic N) is 3. The third-order valence-electron chi connectivity index (χ3n) is 5.89. The van der Waals surface area contributed by atoms with E-state index in [0.29, 0.717) is 39.6 Å². The Kier molecular flexibility index (Phi) is 8.42. The van der Waals surface area contributed by atoms with Crippen molar-refractivity contribution in [1.29, 1.82) is 0 Å². The standard InChI is InChI=1S/C27H31ClN6O4/c1-16-13-34(14-17(2)32-16)22-7-6-20(10-23(22)36-4)33-27-30-11-21(12-31-27)38-15-19-8-18(26(35)29-3)9-24(37-5)25(19)28/h6-13,17,32H,14-15H2,1-5H3,(H,29,35)(H,30,31,33)/t17-/m0/s1. The summed E-state index contributed by atoms with van der Waals surface area (Å²) in [6, 6.07) is 9.44. The smallest absolute Gasteiger partial charge is 0.251 e. The molecule has 11 heteroatoms. The molecule has 0 bridgehead atoms. The van der Waals surface area contributed by atoms with E-state index in [1.54, 1.807) is 38.7 Å². The molecule has 0 radical (unpaired) electrons. The van der Waals surface area contributed by atoms with Crippen molar-refractivity contribution >= 4 is 34.8 Å². The van der Waals surface area contributed by atoms with E-state index >= 15 is 0 Å². The normalized spacial score (nSPS) is 14.7. The number of nitrogens with one attached hydrogen (secondary N) is 3. The van der Waals surface area contributed by atoms with Gasteiger partial charge in [-0.05, 0) is 38.1 Å². The zero-order valence-corrected chi connectivity index (χ0v) is 22.7. The van der Waals surface area contributed by atoms with Gasteiger partial charge in [-0.2, -0.15) is 0 Å². The van der Waals surface area contributed by atoms with Crippen LogP contribution in [-0.4, -0.2) is 49.7 Å². The lowest BCUT2D eigenvalue weighted by molar-refractivity contribution is 0.0962. The van der Waals surface area contributed by atoms with Gasteiger partial charge in [0, 0.05) is 54.4 Å². The van der Waals surface area contributed by atoms with Crippen LogP contribution in [0.5, 0.6) is 17.2 Å². The van der Waals surface area contributed by atoms with Crippen LogP contribution in [0.4, 0.5) is 17.3 Å². The molecule has 38 heavy (non-hydrogen) atoms. The molecule has 1 amide bonds. The van der Waals surface area contributed by atoms with E-state index in [0.717, 1.165) is 29.4 Å². The highest BCUT2D eigenvalue weighted by Crippen LogP contribution is 2.34. The Bertz CT molecular complexity index is 1330. The molecular weight excluding hydrogens is 508 g/mol. The van der Waals surface area contributed by atoms with E-state index in [4.69, 9.17) is 25.8 Å². The van der Waals surface area contributed by atoms with Gasteiger partial charge in [0.25, 0.3) is 5.91 Å². The van der Waals surface area contributed by atoms with E-state index < -0.39 is 0 Å². The highest BCUT2D eigenvalue weighted by molar-refractivity contribution is 6.33. The zero-order valence-electron chi connectivity index (χ0n) is 22.0. The number of carbonyl (C=O) groups is 1. The second-order valence-corrected chi connectivity index (χ2v) is 9.16. The average molecular weight is 539 g/mol. The number of amides is 1. The summed E-state index contributed by atoms with van der Waals surface area (Å²) >= 11 is 6.41. The number of methoxy groups -OCH3 is 2. The Labute approximate surface area is 227 Å². The maximum atomic E-state index is 12.1. The van der Waals surface area contributed by atoms with Crippen molar-refractivity contribution in [3.05, 3.63) is 70.8 Å². The number of ether oxygens (including phenoxy) is 3. The molecule has 2 aromatic carbocycles. The number of rotatable bonds is 9. The van der Waals surface area contributed by atoms with Gasteiger partial charge in [0.2, 0.25) is 5.95 Å². The molecule has 10 nitrogen and oxygen atoms in total. The van der Waals surface area contributed by atoms with Gasteiger partial charge in [-0.1, -0.05) is 11.6 Å². The van der Waals surface area contributed by atoms with Crippen molar-refractivity contribution in [3.63, 3.8) is 0 Å². The molecule has 3 aromatic rings. The molecule has 2 heterocycles. The van der Waals surface area contributed by atoms with Crippen LogP contribution in [0.1, 0.15) is 29.8 Å². The Balaban J connectivity index is 1.44. The minimum atomic E-state index is -0.251. The third kappa shape index (κ3) is 6.20. The summed E-state index contributed by atoms with van der Waals surface area (Å²) in [6.07, 6.45) is 5.19. The van der Waals surface area contributed by atoms with Crippen LogP contribution < -0.4 is 35.1 Å². The van der Waals surface area contributed by atoms with E-state index in [1.807, 2.05) is 25.1 Å². The SMILES string of the molecule is CNC(=O)c1cc(COc2cnc(Nc3ccc(N4C=C(C)N[C@@H](C)C4)c(OC)c3)nc2)c(Cl)c(OC)c1. The first-order chi connectivity index (χ1) is 18.3. The van der Waals surface area contributed by atoms with Crippen molar-refractivity contribution in [2.75, 3.05) is 38.0 Å². The van der Waals surface area contributed by atoms with Crippen molar-refractivity contribution in [3.8, 4) is 17.2 Å². The van der Waals surface area contributed by atoms with Gasteiger partial charge in [-0.25, -0.2) is 9.97 Å². The van der Waals surface area contributed by atoms with E-state index in [1.165, 1.54) is 7.11 Å². The second kappa shape index (κ2) is 11.9. The Hall–Kier alpha value is -4.18. The predicted molar refractivity (Wildman–Crippen MR) is 148 cm³/mol. The monoisotopic (exact) mass is 538 g/mol. The molecule has 1 aromatic heterocycles. The number of hydrogen-bond acceptors (Lipinski definition) is 9. The van der Waals surface area contributed by atoms with Gasteiger partial charge in [-0.15, -0.1) is 0 Å². The first kappa shape index (κ1) is 26.9. The molecular formula is C27H31ClN6O4. The molecule has 0 fully saturated rings. The van der Waals surface area contributed by atoms with Crippen molar-refractivity contribution < 1.29 is 19.0 Å². The van der Waals surface area contributed by atoms with Crippen LogP contribution in [0.25, 0.3) is 0 Å². The second-order valence-electron chi connectivity index (χ2n) is 8.78. The molecule has 1 aliphatic rings. The first-order valence-electron chi connectivity index (χ1n) is 12.0. The minimum absolute atomic E-state index is 0.105. The maximum Gasteiger partial charge on any atom is 0.251 e. The fourth-order valence-corrected chi connectivity index (χ4v) is 4.38. The molecule has 200 valence electrons. The molecule has 0 unspecified atom stereocenters. The largest absolute Gasteiger partial charge is 0.495 e. The summed E-state index contributed by atoms with van der Waals surface area (Å²) in [5.74, 6) is 1.72. The molecule has 1 atom stereocenters. The summed E-state index contributed by atoms with van der Waals surface area (Å²) in [4.78, 5) is 23.0. The maximum absolute atomic E-state index is 12.1. The van der Waals surface area contributed by atoms with Gasteiger partial charge in [0.05, 0.1) is 37.3 Å². The van der Waals surface area contributed by atoms with Gasteiger partial charge in [-0.3, -0.25) is 4.79 Å². The summed E-state index contributed by atoms with van der Waals surface area (Å²) in [5.41, 5.74) is 3.88. The van der Waals surface area contributed by atoms with Crippen molar-refractivity contribution in [2.45, 2.75) is 26.5 Å². The van der Waals surface area contributed by atoms with Crippen molar-refractivity contribution in [2.24, 2.45) is 0 Å². The molecule has 0 saturated carbocycles. The Morgan fingerprint density at radius 3 is 2.55 bits per heavy atom. The lowest BCUT2D eigenvalue weighted by Gasteiger charge is -2.32. The molecule has 3 N–H and O–H groups in total. The topological polar surface area (TPSA) is 110 Å². The van der Waals surface area contributed by atoms with Crippen molar-refractivity contribution in [1.82, 2.24) is 20.6 Å². The van der Waals surface area contributed by atoms with E-state index in [9.17, 15) is 4.79 Å². The molecule has 1 aliphatic heterocycles. The highest BCUT2D eigenvalue weighted by Gasteiger charge is 2.19. The number of allylic oxidation sites excluding steroid dienone is 1. The summed E-state index contributed by atoms with van der Waals surface area (Å²) < 4.78 is 16.8. The van der Waals surface area contributed by atoms with Crippen LogP contribution in [-0.2, 0) is 6.61 Å². The zero-order chi connectivity index (χ0) is 27.2. The van der Waals surface area contributed by atoms with E-state index in [2.05, 4.69) is 43.9 Å². The van der Waals surface area contributed by atoms with Crippen LogP contribution in [0.2, 0.25) is 5.02 Å². The number of hydrogen-bond donors (Lipinski definition) is 3. The predicted octanol–water partition coefficient (Wildman–Crippen LogP) is 4.49. The minimum Gasteiger partial charge on any atom is -0.495 e. The Morgan fingerprint density at radius 2 is 1.89 bits per heavy atom. The molecule has 0 aliphatic carbocycles. The summed E-state index contributed by atoms with van der Waals surface area (Å²) in [6.45, 7) is 5.12. The number of halogens is 1. The Morgan fingerprint density at radius 1 is 1.16 bits per heavy atom. The van der Waals surface area contributed by atoms with Crippen LogP contribution >= 0.6 is 11.6 Å². The molecule has 0 spiro atoms. The van der Waals surface area contributed by atoms with Crippen LogP contribution in [0.15, 0.2) is 54.6 Å². The van der Waals surface area contributed by atoms with Crippen LogP contribution in [0, 0.1) is 0 Å². The first-order valence-corrected chi connectivity index (χ1v) is 12.4. The number of benzene rings is 2. The van der Waals surface area contributed by atoms with Gasteiger partial charge < -0.3 is 35.1 Å². The summed E-state index contributed by atoms with van der Waals surface area (Å²) in [5, 5.41) is 9.57. The van der Waals surface area contributed by atoms with Gasteiger partial charge >= 0.3 is 0 Å². The molecule has 0 saturated heterocycles. The van der Waals surface area contributed by atoms with Gasteiger partial charge in [0.15, 0.2) is 5.75 Å². The lowest BCUT2D eigenvalue weighted by Crippen LogP contribution is -2.41. The fourth-order valence-electron chi connectivity index (χ4n) is 4.14. The number of anilines is 3. The lowest BCUT2D eigenvalue weighted by atomic mass is 10.1. The average Bonchev–Trinajstić information content (AvgIpc) is 2.92. The van der Waals surface area contributed by atoms with Crippen LogP contribution in [0.3, 0.4) is 0 Å². The third-order valence-corrected chi connectivity index (χ3v) is 6.31. The molecule has 4 rings (SSSR count). The van der Waals surface area contributed by atoms with E-state index in [-0.39, 0.29) is 12.5 Å². The fraction of sp³-hybridized carbons (Fsp3) is 0.296. The number of aromatic nitrogens is 2. The number of carbonyl (C=O) groups excluding carboxylic acids is 1. The summed E-state index contributed by atoms with van der Waals surface area (Å²) in [7, 11) is 4.70. The quantitative estimate of drug-likeness (QED) is 0.363.